The van der Waals surface area contributed by atoms with Crippen LogP contribution in [0.5, 0.6) is 11.5 Å². The fraction of sp³-hybridized carbons (Fsp3) is 0.423. The van der Waals surface area contributed by atoms with Crippen LogP contribution in [0.15, 0.2) is 48.5 Å². The number of aliphatic hydroxyl groups excluding tert-OH is 1. The molecule has 3 N–H and O–H groups in total. The standard InChI is InChI=1S/C26H34N2O8/c1-26(2,3)36-25(32)28-20(15-29)23(30)27-19(24(31)34-5)13-18-11-12-21(33-4)22(14-18)35-16-17-9-7-6-8-10-17/h6-12,14,19-20,29H,13,15-16H2,1-5H3,(H,27,30)(H,28,32)/t19-,20-/m0/s1. The molecule has 10 nitrogen and oxygen atoms in total. The predicted octanol–water partition coefficient (Wildman–Crippen LogP) is 2.36. The summed E-state index contributed by atoms with van der Waals surface area (Å²) in [5, 5.41) is 14.4. The van der Waals surface area contributed by atoms with E-state index in [1.165, 1.54) is 14.2 Å². The van der Waals surface area contributed by atoms with Crippen LogP contribution in [0, 0.1) is 0 Å². The Labute approximate surface area is 210 Å². The number of carbonyl (C=O) groups excluding carboxylic acids is 3. The fourth-order valence-electron chi connectivity index (χ4n) is 3.18. The lowest BCUT2D eigenvalue weighted by molar-refractivity contribution is -0.145. The molecule has 0 radical (unpaired) electrons. The number of benzene rings is 2. The normalized spacial score (nSPS) is 12.6. The Morgan fingerprint density at radius 1 is 0.917 bits per heavy atom. The molecule has 2 atom stereocenters. The summed E-state index contributed by atoms with van der Waals surface area (Å²) in [6, 6.07) is 12.3. The molecule has 10 heteroatoms. The fourth-order valence-corrected chi connectivity index (χ4v) is 3.18. The Kier molecular flexibility index (Phi) is 10.5. The summed E-state index contributed by atoms with van der Waals surface area (Å²) >= 11 is 0. The molecule has 0 saturated carbocycles. The molecule has 0 bridgehead atoms. The molecule has 0 unspecified atom stereocenters. The summed E-state index contributed by atoms with van der Waals surface area (Å²) in [6.45, 7) is 4.62. The number of esters is 1. The van der Waals surface area contributed by atoms with E-state index in [1.54, 1.807) is 39.0 Å². The highest BCUT2D eigenvalue weighted by Gasteiger charge is 2.29. The third-order valence-corrected chi connectivity index (χ3v) is 4.90. The van der Waals surface area contributed by atoms with Crippen molar-refractivity contribution in [3.05, 3.63) is 59.7 Å². The molecule has 0 saturated heterocycles. The number of rotatable bonds is 11. The largest absolute Gasteiger partial charge is 0.493 e. The van der Waals surface area contributed by atoms with Crippen molar-refractivity contribution in [2.24, 2.45) is 0 Å². The van der Waals surface area contributed by atoms with Crippen molar-refractivity contribution >= 4 is 18.0 Å². The van der Waals surface area contributed by atoms with E-state index in [-0.39, 0.29) is 6.42 Å². The molecule has 2 aromatic carbocycles. The van der Waals surface area contributed by atoms with Crippen LogP contribution in [0.4, 0.5) is 4.79 Å². The maximum absolute atomic E-state index is 12.7. The Morgan fingerprint density at radius 2 is 1.61 bits per heavy atom. The van der Waals surface area contributed by atoms with E-state index >= 15 is 0 Å². The second-order valence-corrected chi connectivity index (χ2v) is 8.93. The number of amides is 2. The molecule has 2 amide bonds. The average molecular weight is 503 g/mol. The topological polar surface area (TPSA) is 132 Å². The Hall–Kier alpha value is -3.79. The van der Waals surface area contributed by atoms with Crippen molar-refractivity contribution < 1.29 is 38.4 Å². The van der Waals surface area contributed by atoms with Gasteiger partial charge in [0.1, 0.15) is 24.3 Å². The van der Waals surface area contributed by atoms with Crippen LogP contribution >= 0.6 is 0 Å². The lowest BCUT2D eigenvalue weighted by atomic mass is 10.0. The monoisotopic (exact) mass is 502 g/mol. The third-order valence-electron chi connectivity index (χ3n) is 4.90. The first-order valence-electron chi connectivity index (χ1n) is 11.4. The molecule has 2 rings (SSSR count). The number of methoxy groups -OCH3 is 2. The lowest BCUT2D eigenvalue weighted by Crippen LogP contribution is -2.54. The van der Waals surface area contributed by atoms with Gasteiger partial charge in [0.05, 0.1) is 20.8 Å². The molecule has 0 aliphatic carbocycles. The van der Waals surface area contributed by atoms with Gasteiger partial charge in [-0.3, -0.25) is 4.79 Å². The highest BCUT2D eigenvalue weighted by Crippen LogP contribution is 2.29. The molecular weight excluding hydrogens is 468 g/mol. The number of nitrogens with one attached hydrogen (secondary N) is 2. The van der Waals surface area contributed by atoms with Crippen molar-refractivity contribution in [2.45, 2.75) is 51.5 Å². The van der Waals surface area contributed by atoms with E-state index in [2.05, 4.69) is 10.6 Å². The molecule has 36 heavy (non-hydrogen) atoms. The van der Waals surface area contributed by atoms with Crippen LogP contribution in [-0.4, -0.2) is 61.6 Å². The highest BCUT2D eigenvalue weighted by atomic mass is 16.6. The van der Waals surface area contributed by atoms with Crippen LogP contribution < -0.4 is 20.1 Å². The summed E-state index contributed by atoms with van der Waals surface area (Å²) in [4.78, 5) is 37.2. The summed E-state index contributed by atoms with van der Waals surface area (Å²) in [5.41, 5.74) is 0.844. The maximum Gasteiger partial charge on any atom is 0.408 e. The minimum Gasteiger partial charge on any atom is -0.493 e. The number of ether oxygens (including phenoxy) is 4. The summed E-state index contributed by atoms with van der Waals surface area (Å²) in [7, 11) is 2.72. The van der Waals surface area contributed by atoms with Gasteiger partial charge in [0.2, 0.25) is 5.91 Å². The minimum atomic E-state index is -1.33. The Balaban J connectivity index is 2.14. The molecule has 0 aromatic heterocycles. The summed E-state index contributed by atoms with van der Waals surface area (Å²) in [6.07, 6.45) is -0.809. The first-order valence-corrected chi connectivity index (χ1v) is 11.4. The smallest absolute Gasteiger partial charge is 0.408 e. The molecule has 0 spiro atoms. The zero-order valence-electron chi connectivity index (χ0n) is 21.2. The van der Waals surface area contributed by atoms with Gasteiger partial charge in [-0.15, -0.1) is 0 Å². The first-order chi connectivity index (χ1) is 17.1. The molecular formula is C26H34N2O8. The van der Waals surface area contributed by atoms with Crippen LogP contribution in [0.25, 0.3) is 0 Å². The maximum atomic E-state index is 12.7. The van der Waals surface area contributed by atoms with Gasteiger partial charge in [-0.1, -0.05) is 36.4 Å². The molecule has 0 heterocycles. The van der Waals surface area contributed by atoms with Gasteiger partial charge >= 0.3 is 12.1 Å². The second-order valence-electron chi connectivity index (χ2n) is 8.93. The third kappa shape index (κ3) is 9.10. The Bertz CT molecular complexity index is 1020. The van der Waals surface area contributed by atoms with Crippen molar-refractivity contribution in [3.8, 4) is 11.5 Å². The first kappa shape index (κ1) is 28.4. The number of carbonyl (C=O) groups is 3. The van der Waals surface area contributed by atoms with E-state index in [4.69, 9.17) is 18.9 Å². The van der Waals surface area contributed by atoms with E-state index in [1.807, 2.05) is 30.3 Å². The van der Waals surface area contributed by atoms with Crippen LogP contribution in [0.3, 0.4) is 0 Å². The molecule has 196 valence electrons. The second kappa shape index (κ2) is 13.3. The van der Waals surface area contributed by atoms with E-state index in [0.29, 0.717) is 23.7 Å². The van der Waals surface area contributed by atoms with Crippen molar-refractivity contribution in [3.63, 3.8) is 0 Å². The lowest BCUT2D eigenvalue weighted by Gasteiger charge is -2.24. The van der Waals surface area contributed by atoms with Crippen molar-refractivity contribution in [1.29, 1.82) is 0 Å². The van der Waals surface area contributed by atoms with E-state index in [9.17, 15) is 19.5 Å². The quantitative estimate of drug-likeness (QED) is 0.399. The van der Waals surface area contributed by atoms with Crippen molar-refractivity contribution in [1.82, 2.24) is 10.6 Å². The van der Waals surface area contributed by atoms with Crippen LogP contribution in [0.2, 0.25) is 0 Å². The van der Waals surface area contributed by atoms with Gasteiger partial charge < -0.3 is 34.7 Å². The van der Waals surface area contributed by atoms with Gasteiger partial charge in [-0.2, -0.15) is 0 Å². The van der Waals surface area contributed by atoms with E-state index in [0.717, 1.165) is 5.56 Å². The van der Waals surface area contributed by atoms with Gasteiger partial charge in [-0.25, -0.2) is 9.59 Å². The van der Waals surface area contributed by atoms with E-state index < -0.39 is 42.3 Å². The van der Waals surface area contributed by atoms with Gasteiger partial charge in [0, 0.05) is 6.42 Å². The predicted molar refractivity (Wildman–Crippen MR) is 132 cm³/mol. The number of hydrogen-bond donors (Lipinski definition) is 3. The molecule has 2 aromatic rings. The van der Waals surface area contributed by atoms with Gasteiger partial charge in [0.25, 0.3) is 0 Å². The summed E-state index contributed by atoms with van der Waals surface area (Å²) < 4.78 is 21.3. The molecule has 0 fully saturated rings. The highest BCUT2D eigenvalue weighted by molar-refractivity contribution is 5.89. The van der Waals surface area contributed by atoms with Gasteiger partial charge in [-0.05, 0) is 44.0 Å². The molecule has 0 aliphatic heterocycles. The van der Waals surface area contributed by atoms with Crippen LogP contribution in [0.1, 0.15) is 31.9 Å². The molecule has 0 aliphatic rings. The number of aliphatic hydroxyl groups is 1. The number of alkyl carbamates (subject to hydrolysis) is 1. The zero-order valence-corrected chi connectivity index (χ0v) is 21.2. The average Bonchev–Trinajstić information content (AvgIpc) is 2.84. The summed E-state index contributed by atoms with van der Waals surface area (Å²) in [5.74, 6) is -0.489. The zero-order chi connectivity index (χ0) is 26.7. The van der Waals surface area contributed by atoms with Crippen molar-refractivity contribution in [2.75, 3.05) is 20.8 Å². The van der Waals surface area contributed by atoms with Crippen LogP contribution in [-0.2, 0) is 32.1 Å². The SMILES string of the molecule is COC(=O)[C@H](Cc1ccc(OC)c(OCc2ccccc2)c1)NC(=O)[C@H](CO)NC(=O)OC(C)(C)C. The Morgan fingerprint density at radius 3 is 2.19 bits per heavy atom. The number of hydrogen-bond acceptors (Lipinski definition) is 8. The van der Waals surface area contributed by atoms with Gasteiger partial charge in [0.15, 0.2) is 11.5 Å². The minimum absolute atomic E-state index is 0.0642.